The molecule has 0 saturated heterocycles. The van der Waals surface area contributed by atoms with Crippen LogP contribution in [0.4, 0.5) is 0 Å². The van der Waals surface area contributed by atoms with E-state index in [4.69, 9.17) is 14.2 Å². The van der Waals surface area contributed by atoms with Crippen LogP contribution in [0, 0.1) is 0 Å². The molecular formula is C73H128O6. The summed E-state index contributed by atoms with van der Waals surface area (Å²) in [5.74, 6) is -0.969. The van der Waals surface area contributed by atoms with Gasteiger partial charge in [-0.25, -0.2) is 0 Å². The lowest BCUT2D eigenvalue weighted by Gasteiger charge is -2.18. The van der Waals surface area contributed by atoms with Gasteiger partial charge in [0.05, 0.1) is 0 Å². The molecular weight excluding hydrogens is 973 g/mol. The van der Waals surface area contributed by atoms with Crippen molar-refractivity contribution >= 4 is 17.9 Å². The van der Waals surface area contributed by atoms with Crippen LogP contribution >= 0.6 is 0 Å². The van der Waals surface area contributed by atoms with Crippen molar-refractivity contribution in [1.82, 2.24) is 0 Å². The number of allylic oxidation sites excluding steroid dienone is 14. The van der Waals surface area contributed by atoms with Crippen molar-refractivity contribution in [3.8, 4) is 0 Å². The molecule has 0 aliphatic heterocycles. The minimum Gasteiger partial charge on any atom is -0.462 e. The van der Waals surface area contributed by atoms with E-state index in [1.54, 1.807) is 0 Å². The third-order valence-corrected chi connectivity index (χ3v) is 14.9. The van der Waals surface area contributed by atoms with Gasteiger partial charge in [0.1, 0.15) is 13.2 Å². The molecule has 0 saturated carbocycles. The molecule has 0 aliphatic carbocycles. The molecule has 0 fully saturated rings. The first kappa shape index (κ1) is 75.6. The highest BCUT2D eigenvalue weighted by molar-refractivity contribution is 5.71. The van der Waals surface area contributed by atoms with Gasteiger partial charge in [0.2, 0.25) is 0 Å². The molecule has 456 valence electrons. The van der Waals surface area contributed by atoms with Gasteiger partial charge < -0.3 is 14.2 Å². The number of rotatable bonds is 62. The fourth-order valence-corrected chi connectivity index (χ4v) is 9.82. The minimum absolute atomic E-state index is 0.0979. The maximum absolute atomic E-state index is 12.9. The van der Waals surface area contributed by atoms with Gasteiger partial charge in [0, 0.05) is 19.3 Å². The Morgan fingerprint density at radius 3 is 0.848 bits per heavy atom. The maximum Gasteiger partial charge on any atom is 0.306 e. The van der Waals surface area contributed by atoms with Gasteiger partial charge in [-0.1, -0.05) is 324 Å². The predicted octanol–water partition coefficient (Wildman–Crippen LogP) is 23.4. The minimum atomic E-state index is -0.808. The Hall–Kier alpha value is -3.41. The van der Waals surface area contributed by atoms with E-state index in [0.29, 0.717) is 19.3 Å². The van der Waals surface area contributed by atoms with E-state index in [0.717, 1.165) is 77.0 Å². The summed E-state index contributed by atoms with van der Waals surface area (Å²) in [6.07, 6.45) is 89.0. The summed E-state index contributed by atoms with van der Waals surface area (Å²) >= 11 is 0. The molecule has 0 N–H and O–H groups in total. The normalized spacial score (nSPS) is 12.6. The lowest BCUT2D eigenvalue weighted by Crippen LogP contribution is -2.30. The Balaban J connectivity index is 4.43. The molecule has 0 bridgehead atoms. The number of unbranched alkanes of at least 4 members (excludes halogenated alkanes) is 37. The number of hydrogen-bond acceptors (Lipinski definition) is 6. The SMILES string of the molecule is CC/C=C\C/C=C\C/C=C\C/C=C\C/C=C\C/C=C\CCC(=O)OCC(COC(=O)CCCCCCCCCCC/C=C\CCCCCCCCCC)OC(=O)CCCCCCCCCCCCCCCCCCCCCCC. The second kappa shape index (κ2) is 67.1. The molecule has 6 nitrogen and oxygen atoms in total. The van der Waals surface area contributed by atoms with Gasteiger partial charge in [-0.05, 0) is 83.5 Å². The second-order valence-corrected chi connectivity index (χ2v) is 22.7. The van der Waals surface area contributed by atoms with Gasteiger partial charge in [-0.15, -0.1) is 0 Å². The largest absolute Gasteiger partial charge is 0.462 e. The molecule has 0 amide bonds. The molecule has 0 rings (SSSR count). The van der Waals surface area contributed by atoms with Crippen LogP contribution < -0.4 is 0 Å². The standard InChI is InChI=1S/C73H128O6/c1-4-7-10-13-16-19-22-25-28-31-34-36-39-42-45-48-51-54-57-60-63-66-72(75)78-69-70(68-77-71(74)65-62-59-56-53-50-47-44-41-38-33-30-27-24-21-18-15-12-9-6-3)79-73(76)67-64-61-58-55-52-49-46-43-40-37-35-32-29-26-23-20-17-14-11-8-5-2/h9,12,18,21,27,30-31,34,38,41,47,50,56,59,70H,4-8,10-11,13-17,19-20,22-26,28-29,32-33,35-37,39-40,42-46,48-49,51-55,57-58,60-69H2,1-3H3/b12-9-,21-18-,30-27-,34-31-,41-38-,50-47-,59-56-. The third kappa shape index (κ3) is 65.3. The summed E-state index contributed by atoms with van der Waals surface area (Å²) < 4.78 is 16.9. The Morgan fingerprint density at radius 2 is 0.519 bits per heavy atom. The molecule has 0 heterocycles. The molecule has 0 aliphatic rings. The van der Waals surface area contributed by atoms with E-state index in [2.05, 4.69) is 99.8 Å². The van der Waals surface area contributed by atoms with Crippen LogP contribution in [0.25, 0.3) is 0 Å². The highest BCUT2D eigenvalue weighted by atomic mass is 16.6. The van der Waals surface area contributed by atoms with Crippen molar-refractivity contribution < 1.29 is 28.6 Å². The van der Waals surface area contributed by atoms with Crippen molar-refractivity contribution in [3.05, 3.63) is 85.1 Å². The predicted molar refractivity (Wildman–Crippen MR) is 344 cm³/mol. The van der Waals surface area contributed by atoms with E-state index in [9.17, 15) is 14.4 Å². The number of esters is 3. The monoisotopic (exact) mass is 1100 g/mol. The summed E-state index contributed by atoms with van der Waals surface area (Å²) in [4.78, 5) is 38.4. The van der Waals surface area contributed by atoms with E-state index in [-0.39, 0.29) is 37.5 Å². The van der Waals surface area contributed by atoms with Crippen LogP contribution in [0.2, 0.25) is 0 Å². The first-order valence-electron chi connectivity index (χ1n) is 34.1. The van der Waals surface area contributed by atoms with Gasteiger partial charge in [-0.3, -0.25) is 14.4 Å². The van der Waals surface area contributed by atoms with E-state index in [1.807, 2.05) is 6.08 Å². The third-order valence-electron chi connectivity index (χ3n) is 14.9. The first-order chi connectivity index (χ1) is 39.0. The summed E-state index contributed by atoms with van der Waals surface area (Å²) in [7, 11) is 0. The van der Waals surface area contributed by atoms with E-state index >= 15 is 0 Å². The molecule has 0 spiro atoms. The van der Waals surface area contributed by atoms with Crippen LogP contribution in [0.5, 0.6) is 0 Å². The summed E-state index contributed by atoms with van der Waals surface area (Å²) in [5, 5.41) is 0. The molecule has 79 heavy (non-hydrogen) atoms. The molecule has 0 aromatic heterocycles. The summed E-state index contributed by atoms with van der Waals surface area (Å²) in [6.45, 7) is 6.51. The van der Waals surface area contributed by atoms with Crippen molar-refractivity contribution in [3.63, 3.8) is 0 Å². The van der Waals surface area contributed by atoms with Gasteiger partial charge in [0.15, 0.2) is 6.10 Å². The number of ether oxygens (including phenoxy) is 3. The molecule has 0 aromatic rings. The zero-order chi connectivity index (χ0) is 57.1. The van der Waals surface area contributed by atoms with Crippen LogP contribution in [0.1, 0.15) is 342 Å². The fraction of sp³-hybridized carbons (Fsp3) is 0.767. The zero-order valence-electron chi connectivity index (χ0n) is 52.4. The lowest BCUT2D eigenvalue weighted by atomic mass is 10.0. The van der Waals surface area contributed by atoms with Crippen molar-refractivity contribution in [2.24, 2.45) is 0 Å². The Bertz CT molecular complexity index is 1500. The van der Waals surface area contributed by atoms with Crippen molar-refractivity contribution in [2.45, 2.75) is 348 Å². The van der Waals surface area contributed by atoms with Gasteiger partial charge in [0.25, 0.3) is 0 Å². The Morgan fingerprint density at radius 1 is 0.266 bits per heavy atom. The highest BCUT2D eigenvalue weighted by Gasteiger charge is 2.19. The maximum atomic E-state index is 12.9. The molecule has 0 aromatic carbocycles. The lowest BCUT2D eigenvalue weighted by molar-refractivity contribution is -0.166. The number of carbonyl (C=O) groups is 3. The number of hydrogen-bond donors (Lipinski definition) is 0. The molecule has 6 heteroatoms. The quantitative estimate of drug-likeness (QED) is 0.0261. The molecule has 1 atom stereocenters. The highest BCUT2D eigenvalue weighted by Crippen LogP contribution is 2.17. The molecule has 0 radical (unpaired) electrons. The molecule has 1 unspecified atom stereocenters. The van der Waals surface area contributed by atoms with Crippen LogP contribution in [-0.4, -0.2) is 37.2 Å². The number of carbonyl (C=O) groups excluding carboxylic acids is 3. The van der Waals surface area contributed by atoms with Gasteiger partial charge >= 0.3 is 17.9 Å². The topological polar surface area (TPSA) is 78.9 Å². The van der Waals surface area contributed by atoms with Gasteiger partial charge in [-0.2, -0.15) is 0 Å². The summed E-state index contributed by atoms with van der Waals surface area (Å²) in [5.41, 5.74) is 0. The zero-order valence-corrected chi connectivity index (χ0v) is 52.4. The van der Waals surface area contributed by atoms with Crippen LogP contribution in [0.3, 0.4) is 0 Å². The van der Waals surface area contributed by atoms with Crippen LogP contribution in [-0.2, 0) is 28.6 Å². The Labute approximate surface area is 490 Å². The van der Waals surface area contributed by atoms with Crippen LogP contribution in [0.15, 0.2) is 85.1 Å². The fourth-order valence-electron chi connectivity index (χ4n) is 9.82. The van der Waals surface area contributed by atoms with Crippen molar-refractivity contribution in [1.29, 1.82) is 0 Å². The van der Waals surface area contributed by atoms with Crippen molar-refractivity contribution in [2.75, 3.05) is 13.2 Å². The van der Waals surface area contributed by atoms with E-state index in [1.165, 1.54) is 218 Å². The average molecular weight is 1100 g/mol. The first-order valence-corrected chi connectivity index (χ1v) is 34.1. The second-order valence-electron chi connectivity index (χ2n) is 22.7. The smallest absolute Gasteiger partial charge is 0.306 e. The Kier molecular flexibility index (Phi) is 64.2. The average Bonchev–Trinajstić information content (AvgIpc) is 3.45. The summed E-state index contributed by atoms with van der Waals surface area (Å²) in [6, 6.07) is 0. The van der Waals surface area contributed by atoms with E-state index < -0.39 is 6.10 Å².